The summed E-state index contributed by atoms with van der Waals surface area (Å²) in [5.41, 5.74) is 3.20. The molecular formula is C22H16O5. The van der Waals surface area contributed by atoms with Crippen LogP contribution in [0.15, 0.2) is 54.6 Å². The summed E-state index contributed by atoms with van der Waals surface area (Å²) in [4.78, 5) is 13.1. The number of carbonyl (C=O) groups excluding carboxylic acids is 1. The van der Waals surface area contributed by atoms with Crippen molar-refractivity contribution in [3.8, 4) is 23.0 Å². The minimum absolute atomic E-state index is 0.167. The summed E-state index contributed by atoms with van der Waals surface area (Å²) >= 11 is 0. The van der Waals surface area contributed by atoms with E-state index in [1.165, 1.54) is 24.3 Å². The number of phenols is 4. The topological polar surface area (TPSA) is 98.0 Å². The minimum atomic E-state index is -0.349. The number of phenolic OH excluding ortho intramolecular Hbond substituents is 4. The number of Topliss-reactive ketones (excluding diaryl/α,β-unsaturated/α-hetero) is 1. The van der Waals surface area contributed by atoms with E-state index in [1.807, 2.05) is 19.1 Å². The summed E-state index contributed by atoms with van der Waals surface area (Å²) in [7, 11) is 0. The molecule has 4 rings (SSSR count). The van der Waals surface area contributed by atoms with E-state index in [2.05, 4.69) is 0 Å². The predicted molar refractivity (Wildman–Crippen MR) is 101 cm³/mol. The molecule has 0 spiro atoms. The lowest BCUT2D eigenvalue weighted by Gasteiger charge is -2.11. The van der Waals surface area contributed by atoms with E-state index in [0.29, 0.717) is 22.3 Å². The number of hydrogen-bond donors (Lipinski definition) is 4. The van der Waals surface area contributed by atoms with Gasteiger partial charge < -0.3 is 20.4 Å². The fourth-order valence-electron chi connectivity index (χ4n) is 3.45. The highest BCUT2D eigenvalue weighted by Gasteiger charge is 2.34. The van der Waals surface area contributed by atoms with Gasteiger partial charge in [-0.3, -0.25) is 4.79 Å². The SMILES string of the molecule is Cc1ccc(C2=C(c3cc(O)cc(O)c3)c3c(O)cc(O)cc3C2=O)cc1. The van der Waals surface area contributed by atoms with Crippen LogP contribution >= 0.6 is 0 Å². The molecule has 0 saturated heterocycles. The first kappa shape index (κ1) is 16.7. The van der Waals surface area contributed by atoms with Gasteiger partial charge in [0.2, 0.25) is 0 Å². The van der Waals surface area contributed by atoms with Crippen molar-refractivity contribution in [1.29, 1.82) is 0 Å². The smallest absolute Gasteiger partial charge is 0.195 e. The molecule has 0 unspecified atom stereocenters. The van der Waals surface area contributed by atoms with E-state index >= 15 is 0 Å². The van der Waals surface area contributed by atoms with Gasteiger partial charge in [0.05, 0.1) is 0 Å². The lowest BCUT2D eigenvalue weighted by Crippen LogP contribution is -1.98. The van der Waals surface area contributed by atoms with Crippen molar-refractivity contribution >= 4 is 16.9 Å². The molecule has 0 atom stereocenters. The third-order valence-electron chi connectivity index (χ3n) is 4.61. The Labute approximate surface area is 155 Å². The average Bonchev–Trinajstić information content (AvgIpc) is 2.88. The summed E-state index contributed by atoms with van der Waals surface area (Å²) in [6, 6.07) is 13.8. The van der Waals surface area contributed by atoms with Gasteiger partial charge >= 0.3 is 0 Å². The molecule has 0 aromatic heterocycles. The van der Waals surface area contributed by atoms with E-state index in [1.54, 1.807) is 12.1 Å². The monoisotopic (exact) mass is 360 g/mol. The van der Waals surface area contributed by atoms with Gasteiger partial charge in [0.15, 0.2) is 5.78 Å². The van der Waals surface area contributed by atoms with Gasteiger partial charge in [0.25, 0.3) is 0 Å². The molecule has 4 N–H and O–H groups in total. The number of carbonyl (C=O) groups is 1. The van der Waals surface area contributed by atoms with Crippen LogP contribution in [-0.4, -0.2) is 26.2 Å². The third-order valence-corrected chi connectivity index (χ3v) is 4.61. The van der Waals surface area contributed by atoms with Crippen molar-refractivity contribution in [3.63, 3.8) is 0 Å². The molecule has 0 saturated carbocycles. The second-order valence-corrected chi connectivity index (χ2v) is 6.57. The number of aromatic hydroxyl groups is 4. The van der Waals surface area contributed by atoms with Gasteiger partial charge in [0.1, 0.15) is 23.0 Å². The minimum Gasteiger partial charge on any atom is -0.508 e. The van der Waals surface area contributed by atoms with Crippen molar-refractivity contribution in [3.05, 3.63) is 82.4 Å². The number of benzene rings is 3. The molecule has 0 bridgehead atoms. The van der Waals surface area contributed by atoms with Crippen LogP contribution in [0.1, 0.15) is 32.6 Å². The number of rotatable bonds is 2. The molecule has 0 fully saturated rings. The molecule has 3 aromatic rings. The number of aryl methyl sites for hydroxylation is 1. The molecule has 3 aromatic carbocycles. The van der Waals surface area contributed by atoms with Crippen LogP contribution in [0.4, 0.5) is 0 Å². The van der Waals surface area contributed by atoms with E-state index < -0.39 is 0 Å². The Morgan fingerprint density at radius 1 is 0.667 bits per heavy atom. The Hall–Kier alpha value is -3.73. The number of hydrogen-bond acceptors (Lipinski definition) is 5. The first-order chi connectivity index (χ1) is 12.8. The summed E-state index contributed by atoms with van der Waals surface area (Å²) in [5, 5.41) is 40.1. The largest absolute Gasteiger partial charge is 0.508 e. The van der Waals surface area contributed by atoms with Gasteiger partial charge in [-0.1, -0.05) is 29.8 Å². The summed E-state index contributed by atoms with van der Waals surface area (Å²) < 4.78 is 0. The molecular weight excluding hydrogens is 344 g/mol. The Morgan fingerprint density at radius 3 is 1.89 bits per heavy atom. The maximum atomic E-state index is 13.1. The number of ketones is 1. The third kappa shape index (κ3) is 2.69. The lowest BCUT2D eigenvalue weighted by molar-refractivity contribution is 0.105. The molecule has 0 radical (unpaired) electrons. The van der Waals surface area contributed by atoms with Crippen LogP contribution in [-0.2, 0) is 0 Å². The average molecular weight is 360 g/mol. The molecule has 0 amide bonds. The van der Waals surface area contributed by atoms with Crippen LogP contribution in [0, 0.1) is 6.92 Å². The van der Waals surface area contributed by atoms with Crippen LogP contribution in [0.25, 0.3) is 11.1 Å². The second-order valence-electron chi connectivity index (χ2n) is 6.57. The standard InChI is InChI=1S/C22H16O5/c1-11-2-4-12(5-3-11)20-19(13-6-14(23)8-15(24)7-13)21-17(22(20)27)9-16(25)10-18(21)26/h2-10,23-26H,1H3. The van der Waals surface area contributed by atoms with Crippen LogP contribution < -0.4 is 0 Å². The van der Waals surface area contributed by atoms with Crippen LogP contribution in [0.5, 0.6) is 23.0 Å². The zero-order valence-electron chi connectivity index (χ0n) is 14.4. The zero-order chi connectivity index (χ0) is 19.3. The fourth-order valence-corrected chi connectivity index (χ4v) is 3.45. The van der Waals surface area contributed by atoms with Gasteiger partial charge in [-0.05, 0) is 36.2 Å². The number of allylic oxidation sites excluding steroid dienone is 1. The molecule has 134 valence electrons. The predicted octanol–water partition coefficient (Wildman–Crippen LogP) is 3.97. The Bertz CT molecular complexity index is 1100. The summed E-state index contributed by atoms with van der Waals surface area (Å²) in [6.07, 6.45) is 0. The van der Waals surface area contributed by atoms with Crippen LogP contribution in [0.2, 0.25) is 0 Å². The van der Waals surface area contributed by atoms with Gasteiger partial charge in [-0.25, -0.2) is 0 Å². The van der Waals surface area contributed by atoms with Gasteiger partial charge in [0, 0.05) is 34.4 Å². The molecule has 5 nitrogen and oxygen atoms in total. The molecule has 5 heteroatoms. The number of fused-ring (bicyclic) bond motifs is 1. The van der Waals surface area contributed by atoms with Gasteiger partial charge in [-0.15, -0.1) is 0 Å². The van der Waals surface area contributed by atoms with Gasteiger partial charge in [-0.2, -0.15) is 0 Å². The van der Waals surface area contributed by atoms with E-state index in [4.69, 9.17) is 0 Å². The Balaban J connectivity index is 2.09. The van der Waals surface area contributed by atoms with Crippen molar-refractivity contribution < 1.29 is 25.2 Å². The van der Waals surface area contributed by atoms with Crippen molar-refractivity contribution in [2.75, 3.05) is 0 Å². The molecule has 0 heterocycles. The molecule has 0 aliphatic heterocycles. The fraction of sp³-hybridized carbons (Fsp3) is 0.0455. The van der Waals surface area contributed by atoms with Crippen molar-refractivity contribution in [1.82, 2.24) is 0 Å². The summed E-state index contributed by atoms with van der Waals surface area (Å²) in [5.74, 6) is -1.15. The highest BCUT2D eigenvalue weighted by molar-refractivity contribution is 6.42. The molecule has 27 heavy (non-hydrogen) atoms. The highest BCUT2D eigenvalue weighted by atomic mass is 16.3. The first-order valence-electron chi connectivity index (χ1n) is 8.31. The molecule has 1 aliphatic rings. The quantitative estimate of drug-likeness (QED) is 0.554. The lowest BCUT2D eigenvalue weighted by atomic mass is 9.93. The normalized spacial score (nSPS) is 13.1. The highest BCUT2D eigenvalue weighted by Crippen LogP contribution is 2.48. The Kier molecular flexibility index (Phi) is 3.66. The second kappa shape index (κ2) is 5.92. The maximum Gasteiger partial charge on any atom is 0.195 e. The molecule has 1 aliphatic carbocycles. The van der Waals surface area contributed by atoms with Crippen molar-refractivity contribution in [2.45, 2.75) is 6.92 Å². The van der Waals surface area contributed by atoms with Crippen molar-refractivity contribution in [2.24, 2.45) is 0 Å². The van der Waals surface area contributed by atoms with E-state index in [0.717, 1.165) is 11.6 Å². The first-order valence-corrected chi connectivity index (χ1v) is 8.31. The zero-order valence-corrected chi connectivity index (χ0v) is 14.4. The van der Waals surface area contributed by atoms with E-state index in [9.17, 15) is 25.2 Å². The van der Waals surface area contributed by atoms with E-state index in [-0.39, 0.29) is 39.9 Å². The summed E-state index contributed by atoms with van der Waals surface area (Å²) in [6.45, 7) is 1.93. The van der Waals surface area contributed by atoms with Crippen LogP contribution in [0.3, 0.4) is 0 Å². The maximum absolute atomic E-state index is 13.1. The Morgan fingerprint density at radius 2 is 1.26 bits per heavy atom.